The average molecular weight is 293 g/mol. The summed E-state index contributed by atoms with van der Waals surface area (Å²) in [7, 11) is 3.21. The second-order valence-electron chi connectivity index (χ2n) is 4.37. The third-order valence-electron chi connectivity index (χ3n) is 2.97. The Hall–Kier alpha value is -1.56. The number of thiophene rings is 1. The number of benzene rings is 1. The van der Waals surface area contributed by atoms with E-state index >= 15 is 0 Å². The summed E-state index contributed by atoms with van der Waals surface area (Å²) in [6.07, 6.45) is -0.0682. The van der Waals surface area contributed by atoms with Crippen molar-refractivity contribution in [2.75, 3.05) is 14.2 Å². The Kier molecular flexibility index (Phi) is 5.40. The molecule has 2 N–H and O–H groups in total. The predicted molar refractivity (Wildman–Crippen MR) is 80.4 cm³/mol. The average Bonchev–Trinajstić information content (AvgIpc) is 2.98. The minimum atomic E-state index is -0.588. The fourth-order valence-electron chi connectivity index (χ4n) is 1.93. The monoisotopic (exact) mass is 293 g/mol. The molecule has 1 aromatic carbocycles. The van der Waals surface area contributed by atoms with Crippen LogP contribution in [0.15, 0.2) is 35.7 Å². The van der Waals surface area contributed by atoms with E-state index in [1.807, 2.05) is 35.7 Å². The lowest BCUT2D eigenvalue weighted by Gasteiger charge is -2.14. The minimum Gasteiger partial charge on any atom is -0.493 e. The van der Waals surface area contributed by atoms with E-state index in [0.29, 0.717) is 24.5 Å². The van der Waals surface area contributed by atoms with E-state index in [1.54, 1.807) is 25.6 Å². The van der Waals surface area contributed by atoms with Gasteiger partial charge in [0.05, 0.1) is 14.2 Å². The molecule has 0 amide bonds. The Morgan fingerprint density at radius 1 is 1.20 bits per heavy atom. The maximum absolute atomic E-state index is 10.0. The van der Waals surface area contributed by atoms with Gasteiger partial charge in [-0.3, -0.25) is 5.32 Å². The first kappa shape index (κ1) is 14.8. The highest BCUT2D eigenvalue weighted by Crippen LogP contribution is 2.27. The quantitative estimate of drug-likeness (QED) is 0.770. The van der Waals surface area contributed by atoms with Crippen LogP contribution in [-0.2, 0) is 13.0 Å². The Bertz CT molecular complexity index is 528. The van der Waals surface area contributed by atoms with Gasteiger partial charge in [-0.1, -0.05) is 12.1 Å². The Morgan fingerprint density at radius 3 is 2.65 bits per heavy atom. The number of aliphatic hydroxyl groups excluding tert-OH is 1. The highest BCUT2D eigenvalue weighted by Gasteiger charge is 2.09. The first-order chi connectivity index (χ1) is 9.72. The summed E-state index contributed by atoms with van der Waals surface area (Å²) in [4.78, 5) is 1.20. The number of methoxy groups -OCH3 is 2. The lowest BCUT2D eigenvalue weighted by atomic mass is 10.1. The van der Waals surface area contributed by atoms with Gasteiger partial charge >= 0.3 is 0 Å². The minimum absolute atomic E-state index is 0.520. The molecule has 5 heteroatoms. The zero-order chi connectivity index (χ0) is 14.4. The van der Waals surface area contributed by atoms with Gasteiger partial charge in [-0.25, -0.2) is 0 Å². The molecular weight excluding hydrogens is 274 g/mol. The van der Waals surface area contributed by atoms with E-state index in [2.05, 4.69) is 5.32 Å². The Balaban J connectivity index is 1.91. The summed E-state index contributed by atoms with van der Waals surface area (Å²) in [6.45, 7) is 0.673. The fraction of sp³-hybridized carbons (Fsp3) is 0.333. The van der Waals surface area contributed by atoms with Crippen LogP contribution in [0.2, 0.25) is 0 Å². The summed E-state index contributed by atoms with van der Waals surface area (Å²) in [6, 6.07) is 9.70. The molecule has 0 aliphatic carbocycles. The molecule has 1 heterocycles. The van der Waals surface area contributed by atoms with Gasteiger partial charge in [-0.15, -0.1) is 11.3 Å². The van der Waals surface area contributed by atoms with Crippen LogP contribution in [0.5, 0.6) is 11.5 Å². The Morgan fingerprint density at radius 2 is 2.00 bits per heavy atom. The molecule has 0 aliphatic rings. The van der Waals surface area contributed by atoms with E-state index < -0.39 is 6.23 Å². The molecule has 0 radical (unpaired) electrons. The molecular formula is C15H19NO3S. The van der Waals surface area contributed by atoms with Crippen molar-refractivity contribution in [2.24, 2.45) is 0 Å². The van der Waals surface area contributed by atoms with E-state index in [4.69, 9.17) is 9.47 Å². The highest BCUT2D eigenvalue weighted by molar-refractivity contribution is 7.09. The van der Waals surface area contributed by atoms with Crippen LogP contribution >= 0.6 is 11.3 Å². The van der Waals surface area contributed by atoms with Gasteiger partial charge in [-0.2, -0.15) is 0 Å². The molecule has 0 saturated heterocycles. The summed E-state index contributed by atoms with van der Waals surface area (Å²) in [5, 5.41) is 15.1. The van der Waals surface area contributed by atoms with Gasteiger partial charge < -0.3 is 14.6 Å². The number of hydrogen-bond donors (Lipinski definition) is 2. The van der Waals surface area contributed by atoms with Crippen LogP contribution in [0.1, 0.15) is 10.4 Å². The zero-order valence-electron chi connectivity index (χ0n) is 11.6. The van der Waals surface area contributed by atoms with Crippen molar-refractivity contribution in [3.05, 3.63) is 46.2 Å². The van der Waals surface area contributed by atoms with Crippen LogP contribution in [0.4, 0.5) is 0 Å². The fourth-order valence-corrected chi connectivity index (χ4v) is 2.59. The number of aliphatic hydroxyl groups is 1. The van der Waals surface area contributed by atoms with E-state index in [-0.39, 0.29) is 0 Å². The molecule has 1 unspecified atom stereocenters. The van der Waals surface area contributed by atoms with Crippen molar-refractivity contribution < 1.29 is 14.6 Å². The van der Waals surface area contributed by atoms with E-state index in [1.165, 1.54) is 4.88 Å². The van der Waals surface area contributed by atoms with Crippen molar-refractivity contribution in [3.63, 3.8) is 0 Å². The van der Waals surface area contributed by atoms with Gasteiger partial charge in [0.2, 0.25) is 0 Å². The third-order valence-corrected chi connectivity index (χ3v) is 3.85. The van der Waals surface area contributed by atoms with E-state index in [0.717, 1.165) is 5.56 Å². The molecule has 1 atom stereocenters. The summed E-state index contributed by atoms with van der Waals surface area (Å²) in [5.74, 6) is 1.37. The Labute approximate surface area is 123 Å². The third kappa shape index (κ3) is 3.96. The van der Waals surface area contributed by atoms with Gasteiger partial charge in [0.25, 0.3) is 0 Å². The van der Waals surface area contributed by atoms with Crippen LogP contribution in [0.25, 0.3) is 0 Å². The standard InChI is InChI=1S/C15H19NO3S/c1-18-13-6-5-11(8-14(13)19-2)9-15(17)16-10-12-4-3-7-20-12/h3-8,15-17H,9-10H2,1-2H3. The predicted octanol–water partition coefficient (Wildman–Crippen LogP) is 2.42. The summed E-state index contributed by atoms with van der Waals surface area (Å²) < 4.78 is 10.4. The molecule has 1 aromatic heterocycles. The maximum atomic E-state index is 10.0. The molecule has 4 nitrogen and oxygen atoms in total. The van der Waals surface area contributed by atoms with Crippen LogP contribution < -0.4 is 14.8 Å². The van der Waals surface area contributed by atoms with Crippen LogP contribution in [0.3, 0.4) is 0 Å². The van der Waals surface area contributed by atoms with Crippen molar-refractivity contribution in [3.8, 4) is 11.5 Å². The van der Waals surface area contributed by atoms with Gasteiger partial charge in [0.1, 0.15) is 6.23 Å². The molecule has 0 aliphatic heterocycles. The van der Waals surface area contributed by atoms with Crippen molar-refractivity contribution >= 4 is 11.3 Å². The lowest BCUT2D eigenvalue weighted by molar-refractivity contribution is 0.136. The molecule has 2 rings (SSSR count). The second kappa shape index (κ2) is 7.28. The normalized spacial score (nSPS) is 12.2. The molecule has 2 aromatic rings. The van der Waals surface area contributed by atoms with Gasteiger partial charge in [0.15, 0.2) is 11.5 Å². The van der Waals surface area contributed by atoms with Crippen molar-refractivity contribution in [2.45, 2.75) is 19.2 Å². The lowest BCUT2D eigenvalue weighted by Crippen LogP contribution is -2.29. The first-order valence-corrected chi connectivity index (χ1v) is 7.25. The number of hydrogen-bond acceptors (Lipinski definition) is 5. The van der Waals surface area contributed by atoms with Gasteiger partial charge in [0, 0.05) is 17.8 Å². The second-order valence-corrected chi connectivity index (χ2v) is 5.40. The van der Waals surface area contributed by atoms with E-state index in [9.17, 15) is 5.11 Å². The SMILES string of the molecule is COc1ccc(CC(O)NCc2cccs2)cc1OC. The molecule has 0 bridgehead atoms. The summed E-state index contributed by atoms with van der Waals surface area (Å²) >= 11 is 1.67. The molecule has 0 saturated carbocycles. The topological polar surface area (TPSA) is 50.7 Å². The smallest absolute Gasteiger partial charge is 0.160 e. The first-order valence-electron chi connectivity index (χ1n) is 6.37. The number of rotatable bonds is 7. The van der Waals surface area contributed by atoms with Crippen molar-refractivity contribution in [1.82, 2.24) is 5.32 Å². The zero-order valence-corrected chi connectivity index (χ0v) is 12.4. The van der Waals surface area contributed by atoms with Gasteiger partial charge in [-0.05, 0) is 29.1 Å². The number of nitrogens with one attached hydrogen (secondary N) is 1. The maximum Gasteiger partial charge on any atom is 0.160 e. The highest BCUT2D eigenvalue weighted by atomic mass is 32.1. The van der Waals surface area contributed by atoms with Crippen molar-refractivity contribution in [1.29, 1.82) is 0 Å². The van der Waals surface area contributed by atoms with Crippen LogP contribution in [-0.4, -0.2) is 25.6 Å². The molecule has 20 heavy (non-hydrogen) atoms. The molecule has 108 valence electrons. The van der Waals surface area contributed by atoms with Crippen LogP contribution in [0, 0.1) is 0 Å². The largest absolute Gasteiger partial charge is 0.493 e. The molecule has 0 fully saturated rings. The summed E-state index contributed by atoms with van der Waals surface area (Å²) in [5.41, 5.74) is 0.994. The molecule has 0 spiro atoms. The number of ether oxygens (including phenoxy) is 2.